The summed E-state index contributed by atoms with van der Waals surface area (Å²) in [4.78, 5) is 16.5. The lowest BCUT2D eigenvalue weighted by Crippen LogP contribution is -2.50. The van der Waals surface area contributed by atoms with Crippen LogP contribution in [-0.2, 0) is 0 Å². The maximum Gasteiger partial charge on any atom is 0.321 e. The normalized spacial score (nSPS) is 18.5. The maximum atomic E-state index is 13.1. The van der Waals surface area contributed by atoms with Crippen molar-refractivity contribution >= 4 is 23.3 Å². The van der Waals surface area contributed by atoms with E-state index in [0.29, 0.717) is 23.8 Å². The van der Waals surface area contributed by atoms with Crippen LogP contribution in [0, 0.1) is 5.82 Å². The molecule has 0 aliphatic carbocycles. The Morgan fingerprint density at radius 1 is 1.12 bits per heavy atom. The quantitative estimate of drug-likeness (QED) is 0.891. The third kappa shape index (κ3) is 3.86. The van der Waals surface area contributed by atoms with Crippen molar-refractivity contribution in [1.82, 2.24) is 9.80 Å². The Kier molecular flexibility index (Phi) is 5.02. The van der Waals surface area contributed by atoms with Gasteiger partial charge in [-0.25, -0.2) is 9.18 Å². The molecule has 2 aromatic rings. The smallest absolute Gasteiger partial charge is 0.321 e. The molecule has 6 heteroatoms. The summed E-state index contributed by atoms with van der Waals surface area (Å²) in [6, 6.07) is 13.4. The first kappa shape index (κ1) is 16.7. The first-order chi connectivity index (χ1) is 11.5. The molecule has 0 radical (unpaired) electrons. The Labute approximate surface area is 145 Å². The van der Waals surface area contributed by atoms with Crippen molar-refractivity contribution in [2.24, 2.45) is 0 Å². The summed E-state index contributed by atoms with van der Waals surface area (Å²) >= 11 is 5.86. The summed E-state index contributed by atoms with van der Waals surface area (Å²) in [7, 11) is 2.02. The molecule has 1 fully saturated rings. The molecule has 0 spiro atoms. The summed E-state index contributed by atoms with van der Waals surface area (Å²) in [5.74, 6) is -0.255. The zero-order valence-corrected chi connectivity index (χ0v) is 14.1. The zero-order valence-electron chi connectivity index (χ0n) is 13.4. The number of anilines is 1. The predicted molar refractivity (Wildman–Crippen MR) is 93.8 cm³/mol. The number of carbonyl (C=O) groups is 1. The highest BCUT2D eigenvalue weighted by molar-refractivity contribution is 6.30. The van der Waals surface area contributed by atoms with Crippen LogP contribution in [0.15, 0.2) is 48.5 Å². The molecule has 4 nitrogen and oxygen atoms in total. The number of nitrogens with one attached hydrogen (secondary N) is 1. The number of hydrogen-bond acceptors (Lipinski definition) is 2. The fourth-order valence-electron chi connectivity index (χ4n) is 2.84. The van der Waals surface area contributed by atoms with Crippen LogP contribution in [0.1, 0.15) is 11.6 Å². The van der Waals surface area contributed by atoms with Gasteiger partial charge < -0.3 is 10.2 Å². The molecule has 2 aromatic carbocycles. The Morgan fingerprint density at radius 2 is 1.79 bits per heavy atom. The predicted octanol–water partition coefficient (Wildman–Crippen LogP) is 4.00. The third-order valence-electron chi connectivity index (χ3n) is 4.29. The summed E-state index contributed by atoms with van der Waals surface area (Å²) in [5.41, 5.74) is 1.71. The maximum absolute atomic E-state index is 13.1. The van der Waals surface area contributed by atoms with Crippen LogP contribution < -0.4 is 5.32 Å². The average molecular weight is 348 g/mol. The molecule has 1 aliphatic rings. The zero-order chi connectivity index (χ0) is 17.1. The molecule has 3 rings (SSSR count). The first-order valence-electron chi connectivity index (χ1n) is 7.80. The number of piperazine rings is 1. The average Bonchev–Trinajstić information content (AvgIpc) is 2.58. The van der Waals surface area contributed by atoms with Gasteiger partial charge in [0.2, 0.25) is 0 Å². The van der Waals surface area contributed by atoms with Crippen molar-refractivity contribution in [3.8, 4) is 0 Å². The summed E-state index contributed by atoms with van der Waals surface area (Å²) < 4.78 is 13.1. The highest BCUT2D eigenvalue weighted by Gasteiger charge is 2.28. The largest absolute Gasteiger partial charge is 0.321 e. The number of benzene rings is 2. The van der Waals surface area contributed by atoms with Gasteiger partial charge in [0, 0.05) is 30.3 Å². The Morgan fingerprint density at radius 3 is 2.46 bits per heavy atom. The minimum absolute atomic E-state index is 0.0512. The fraction of sp³-hybridized carbons (Fsp3) is 0.278. The monoisotopic (exact) mass is 347 g/mol. The van der Waals surface area contributed by atoms with E-state index in [2.05, 4.69) is 10.2 Å². The SMILES string of the molecule is CN1CCN(C(=O)Nc2ccc(Cl)cc2)CC1c1ccc(F)cc1. The second-order valence-corrected chi connectivity index (χ2v) is 6.37. The van der Waals surface area contributed by atoms with Gasteiger partial charge in [-0.2, -0.15) is 0 Å². The number of likely N-dealkylation sites (N-methyl/N-ethyl adjacent to an activating group) is 1. The molecule has 0 bridgehead atoms. The van der Waals surface area contributed by atoms with E-state index < -0.39 is 0 Å². The molecule has 24 heavy (non-hydrogen) atoms. The van der Waals surface area contributed by atoms with Gasteiger partial charge in [0.05, 0.1) is 6.04 Å². The van der Waals surface area contributed by atoms with Crippen LogP contribution >= 0.6 is 11.6 Å². The second kappa shape index (κ2) is 7.20. The van der Waals surface area contributed by atoms with Crippen LogP contribution in [0.2, 0.25) is 5.02 Å². The minimum Gasteiger partial charge on any atom is -0.321 e. The molecule has 1 heterocycles. The van der Waals surface area contributed by atoms with Crippen molar-refractivity contribution in [2.75, 3.05) is 32.0 Å². The number of carbonyl (C=O) groups excluding carboxylic acids is 1. The molecule has 0 aromatic heterocycles. The van der Waals surface area contributed by atoms with E-state index in [1.54, 1.807) is 41.3 Å². The first-order valence-corrected chi connectivity index (χ1v) is 8.18. The molecule has 1 N–H and O–H groups in total. The van der Waals surface area contributed by atoms with E-state index >= 15 is 0 Å². The highest BCUT2D eigenvalue weighted by Crippen LogP contribution is 2.25. The van der Waals surface area contributed by atoms with Gasteiger partial charge in [-0.05, 0) is 49.0 Å². The number of amides is 2. The lowest BCUT2D eigenvalue weighted by molar-refractivity contribution is 0.116. The molecule has 2 amide bonds. The van der Waals surface area contributed by atoms with Crippen molar-refractivity contribution in [3.05, 3.63) is 64.9 Å². The number of rotatable bonds is 2. The Hall–Kier alpha value is -2.11. The van der Waals surface area contributed by atoms with Gasteiger partial charge in [0.15, 0.2) is 0 Å². The molecule has 126 valence electrons. The van der Waals surface area contributed by atoms with E-state index in [9.17, 15) is 9.18 Å². The van der Waals surface area contributed by atoms with Crippen LogP contribution in [0.5, 0.6) is 0 Å². The van der Waals surface area contributed by atoms with Gasteiger partial charge in [0.1, 0.15) is 5.82 Å². The standard InChI is InChI=1S/C18H19ClFN3O/c1-22-10-11-23(12-17(22)13-2-6-15(20)7-3-13)18(24)21-16-8-4-14(19)5-9-16/h2-9,17H,10-12H2,1H3,(H,21,24). The van der Waals surface area contributed by atoms with Crippen LogP contribution in [0.4, 0.5) is 14.9 Å². The Bertz CT molecular complexity index is 705. The number of hydrogen-bond donors (Lipinski definition) is 1. The van der Waals surface area contributed by atoms with Crippen LogP contribution in [0.25, 0.3) is 0 Å². The Balaban J connectivity index is 1.69. The van der Waals surface area contributed by atoms with Crippen molar-refractivity contribution in [3.63, 3.8) is 0 Å². The van der Waals surface area contributed by atoms with Crippen molar-refractivity contribution < 1.29 is 9.18 Å². The molecule has 1 aliphatic heterocycles. The summed E-state index contributed by atoms with van der Waals surface area (Å²) in [6.07, 6.45) is 0. The topological polar surface area (TPSA) is 35.6 Å². The number of nitrogens with zero attached hydrogens (tertiary/aromatic N) is 2. The van der Waals surface area contributed by atoms with E-state index in [1.807, 2.05) is 7.05 Å². The summed E-state index contributed by atoms with van der Waals surface area (Å²) in [6.45, 7) is 1.96. The molecule has 0 saturated carbocycles. The highest BCUT2D eigenvalue weighted by atomic mass is 35.5. The minimum atomic E-state index is -0.255. The lowest BCUT2D eigenvalue weighted by Gasteiger charge is -2.39. The molecule has 1 saturated heterocycles. The van der Waals surface area contributed by atoms with E-state index in [-0.39, 0.29) is 17.9 Å². The molecule has 1 unspecified atom stereocenters. The van der Waals surface area contributed by atoms with Crippen molar-refractivity contribution in [1.29, 1.82) is 0 Å². The van der Waals surface area contributed by atoms with Gasteiger partial charge in [0.25, 0.3) is 0 Å². The van der Waals surface area contributed by atoms with Crippen LogP contribution in [-0.4, -0.2) is 42.5 Å². The van der Waals surface area contributed by atoms with E-state index in [4.69, 9.17) is 11.6 Å². The molecular formula is C18H19ClFN3O. The van der Waals surface area contributed by atoms with Gasteiger partial charge in [-0.3, -0.25) is 4.90 Å². The van der Waals surface area contributed by atoms with Gasteiger partial charge >= 0.3 is 6.03 Å². The second-order valence-electron chi connectivity index (χ2n) is 5.93. The van der Waals surface area contributed by atoms with Gasteiger partial charge in [-0.15, -0.1) is 0 Å². The van der Waals surface area contributed by atoms with E-state index in [0.717, 1.165) is 12.1 Å². The molecule has 1 atom stereocenters. The third-order valence-corrected chi connectivity index (χ3v) is 4.54. The fourth-order valence-corrected chi connectivity index (χ4v) is 2.96. The van der Waals surface area contributed by atoms with Gasteiger partial charge in [-0.1, -0.05) is 23.7 Å². The number of urea groups is 1. The molecular weight excluding hydrogens is 329 g/mol. The van der Waals surface area contributed by atoms with E-state index in [1.165, 1.54) is 12.1 Å². The lowest BCUT2D eigenvalue weighted by atomic mass is 10.0. The summed E-state index contributed by atoms with van der Waals surface area (Å²) in [5, 5.41) is 3.51. The van der Waals surface area contributed by atoms with Crippen molar-refractivity contribution in [2.45, 2.75) is 6.04 Å². The van der Waals surface area contributed by atoms with Crippen LogP contribution in [0.3, 0.4) is 0 Å². The number of halogens is 2.